The standard InChI is InChI=1S/C10H15N3O2S/c1-14-8-4-2-3-5-9(8)15-6-7-16-10(11)13-12/h2-5H,6-7,12H2,1H3,(H2,11,13). The molecule has 1 rings (SSSR count). The van der Waals surface area contributed by atoms with E-state index in [1.807, 2.05) is 24.3 Å². The number of nitrogens with zero attached hydrogens (tertiary/aromatic N) is 1. The molecule has 0 unspecified atom stereocenters. The van der Waals surface area contributed by atoms with Gasteiger partial charge in [-0.25, -0.2) is 0 Å². The summed E-state index contributed by atoms with van der Waals surface area (Å²) in [5, 5.41) is 3.69. The molecule has 6 heteroatoms. The average molecular weight is 241 g/mol. The normalized spacial score (nSPS) is 11.2. The lowest BCUT2D eigenvalue weighted by molar-refractivity contribution is 0.314. The first kappa shape index (κ1) is 12.5. The summed E-state index contributed by atoms with van der Waals surface area (Å²) >= 11 is 1.35. The summed E-state index contributed by atoms with van der Waals surface area (Å²) in [7, 11) is 1.61. The molecule has 0 atom stereocenters. The van der Waals surface area contributed by atoms with Gasteiger partial charge in [0.1, 0.15) is 0 Å². The van der Waals surface area contributed by atoms with Gasteiger partial charge in [0.25, 0.3) is 0 Å². The molecule has 16 heavy (non-hydrogen) atoms. The minimum Gasteiger partial charge on any atom is -0.493 e. The highest BCUT2D eigenvalue weighted by atomic mass is 32.2. The smallest absolute Gasteiger partial charge is 0.177 e. The highest BCUT2D eigenvalue weighted by molar-refractivity contribution is 8.13. The van der Waals surface area contributed by atoms with Gasteiger partial charge in [-0.3, -0.25) is 0 Å². The van der Waals surface area contributed by atoms with Gasteiger partial charge in [0.15, 0.2) is 16.7 Å². The van der Waals surface area contributed by atoms with E-state index in [-0.39, 0.29) is 0 Å². The number of amidine groups is 1. The molecule has 0 spiro atoms. The van der Waals surface area contributed by atoms with Crippen molar-refractivity contribution in [2.45, 2.75) is 0 Å². The number of thioether (sulfide) groups is 1. The molecule has 0 radical (unpaired) electrons. The Kier molecular flexibility index (Phi) is 5.35. The SMILES string of the molecule is COc1ccccc1OCCSC(N)=NN. The van der Waals surface area contributed by atoms with Gasteiger partial charge in [-0.2, -0.15) is 5.10 Å². The van der Waals surface area contributed by atoms with E-state index in [0.29, 0.717) is 29.0 Å². The van der Waals surface area contributed by atoms with Crippen LogP contribution in [0.3, 0.4) is 0 Å². The molecule has 0 saturated carbocycles. The van der Waals surface area contributed by atoms with Gasteiger partial charge in [-0.15, -0.1) is 0 Å². The Bertz CT molecular complexity index is 358. The molecule has 0 fully saturated rings. The Morgan fingerprint density at radius 2 is 2.06 bits per heavy atom. The van der Waals surface area contributed by atoms with Gasteiger partial charge in [0, 0.05) is 5.75 Å². The molecule has 0 aliphatic heterocycles. The Balaban J connectivity index is 2.37. The van der Waals surface area contributed by atoms with Crippen molar-refractivity contribution >= 4 is 16.9 Å². The third kappa shape index (κ3) is 3.90. The van der Waals surface area contributed by atoms with Crippen LogP contribution in [0.4, 0.5) is 0 Å². The van der Waals surface area contributed by atoms with E-state index in [1.54, 1.807) is 7.11 Å². The van der Waals surface area contributed by atoms with Crippen LogP contribution >= 0.6 is 11.8 Å². The van der Waals surface area contributed by atoms with Crippen molar-refractivity contribution in [2.75, 3.05) is 19.5 Å². The molecule has 0 aliphatic carbocycles. The van der Waals surface area contributed by atoms with E-state index in [0.717, 1.165) is 0 Å². The van der Waals surface area contributed by atoms with Gasteiger partial charge in [-0.05, 0) is 12.1 Å². The first-order valence-electron chi connectivity index (χ1n) is 4.70. The minimum atomic E-state index is 0.351. The van der Waals surface area contributed by atoms with Crippen molar-refractivity contribution in [3.8, 4) is 11.5 Å². The highest BCUT2D eigenvalue weighted by Crippen LogP contribution is 2.25. The minimum absolute atomic E-state index is 0.351. The van der Waals surface area contributed by atoms with Gasteiger partial charge in [-0.1, -0.05) is 23.9 Å². The maximum atomic E-state index is 5.53. The summed E-state index contributed by atoms with van der Waals surface area (Å²) in [6.07, 6.45) is 0. The van der Waals surface area contributed by atoms with Crippen LogP contribution in [-0.4, -0.2) is 24.6 Å². The van der Waals surface area contributed by atoms with Gasteiger partial charge in [0.05, 0.1) is 13.7 Å². The number of hydrazone groups is 1. The molecular formula is C10H15N3O2S. The van der Waals surface area contributed by atoms with Gasteiger partial charge in [0.2, 0.25) is 0 Å². The zero-order chi connectivity index (χ0) is 11.8. The molecule has 0 amide bonds. The van der Waals surface area contributed by atoms with Crippen molar-refractivity contribution in [3.63, 3.8) is 0 Å². The molecule has 1 aromatic rings. The Hall–Kier alpha value is -1.56. The van der Waals surface area contributed by atoms with Crippen LogP contribution in [0, 0.1) is 0 Å². The summed E-state index contributed by atoms with van der Waals surface area (Å²) in [4.78, 5) is 0. The lowest BCUT2D eigenvalue weighted by Gasteiger charge is -2.09. The van der Waals surface area contributed by atoms with Crippen LogP contribution in [0.15, 0.2) is 29.4 Å². The second-order valence-electron chi connectivity index (χ2n) is 2.82. The first-order valence-corrected chi connectivity index (χ1v) is 5.68. The second-order valence-corrected chi connectivity index (χ2v) is 3.93. The van der Waals surface area contributed by atoms with E-state index in [2.05, 4.69) is 5.10 Å². The predicted molar refractivity (Wildman–Crippen MR) is 66.8 cm³/mol. The van der Waals surface area contributed by atoms with Crippen LogP contribution < -0.4 is 21.1 Å². The highest BCUT2D eigenvalue weighted by Gasteiger charge is 2.02. The molecule has 0 bridgehead atoms. The number of ether oxygens (including phenoxy) is 2. The number of nitrogens with two attached hydrogens (primary N) is 2. The Morgan fingerprint density at radius 3 is 2.69 bits per heavy atom. The second kappa shape index (κ2) is 6.84. The van der Waals surface area contributed by atoms with E-state index in [4.69, 9.17) is 21.1 Å². The van der Waals surface area contributed by atoms with Crippen LogP contribution in [0.25, 0.3) is 0 Å². The number of methoxy groups -OCH3 is 1. The maximum absolute atomic E-state index is 5.53. The average Bonchev–Trinajstić information content (AvgIpc) is 2.34. The van der Waals surface area contributed by atoms with Crippen molar-refractivity contribution in [2.24, 2.45) is 16.7 Å². The molecule has 4 N–H and O–H groups in total. The monoisotopic (exact) mass is 241 g/mol. The summed E-state index contributed by atoms with van der Waals surface area (Å²) in [6, 6.07) is 7.47. The van der Waals surface area contributed by atoms with Gasteiger partial charge >= 0.3 is 0 Å². The summed E-state index contributed by atoms with van der Waals surface area (Å²) < 4.78 is 10.7. The van der Waals surface area contributed by atoms with Crippen molar-refractivity contribution in [1.29, 1.82) is 0 Å². The van der Waals surface area contributed by atoms with Crippen LogP contribution in [-0.2, 0) is 0 Å². The lowest BCUT2D eigenvalue weighted by Crippen LogP contribution is -2.12. The quantitative estimate of drug-likeness (QED) is 0.264. The zero-order valence-corrected chi connectivity index (χ0v) is 9.87. The Morgan fingerprint density at radius 1 is 1.38 bits per heavy atom. The Labute approximate surface area is 98.8 Å². The van der Waals surface area contributed by atoms with E-state index >= 15 is 0 Å². The predicted octanol–water partition coefficient (Wildman–Crippen LogP) is 0.996. The largest absolute Gasteiger partial charge is 0.493 e. The number of hydrogen-bond donors (Lipinski definition) is 2. The number of hydrogen-bond acceptors (Lipinski definition) is 5. The maximum Gasteiger partial charge on any atom is 0.177 e. The molecule has 5 nitrogen and oxygen atoms in total. The topological polar surface area (TPSA) is 82.9 Å². The van der Waals surface area contributed by atoms with Crippen molar-refractivity contribution in [3.05, 3.63) is 24.3 Å². The fourth-order valence-electron chi connectivity index (χ4n) is 1.07. The molecule has 88 valence electrons. The van der Waals surface area contributed by atoms with Crippen LogP contribution in [0.1, 0.15) is 0 Å². The summed E-state index contributed by atoms with van der Waals surface area (Å²) in [6.45, 7) is 0.515. The molecule has 0 aromatic heterocycles. The third-order valence-corrected chi connectivity index (χ3v) is 2.56. The van der Waals surface area contributed by atoms with Crippen LogP contribution in [0.2, 0.25) is 0 Å². The fraction of sp³-hybridized carbons (Fsp3) is 0.300. The summed E-state index contributed by atoms with van der Waals surface area (Å²) in [5.74, 6) is 7.11. The number of benzene rings is 1. The first-order chi connectivity index (χ1) is 7.77. The van der Waals surface area contributed by atoms with E-state index in [9.17, 15) is 0 Å². The van der Waals surface area contributed by atoms with E-state index < -0.39 is 0 Å². The fourth-order valence-corrected chi connectivity index (χ4v) is 1.52. The summed E-state index contributed by atoms with van der Waals surface area (Å²) in [5.41, 5.74) is 5.42. The van der Waals surface area contributed by atoms with Crippen molar-refractivity contribution < 1.29 is 9.47 Å². The van der Waals surface area contributed by atoms with Crippen LogP contribution in [0.5, 0.6) is 11.5 Å². The molecule has 0 saturated heterocycles. The molecule has 0 heterocycles. The third-order valence-electron chi connectivity index (χ3n) is 1.79. The van der Waals surface area contributed by atoms with Crippen molar-refractivity contribution in [1.82, 2.24) is 0 Å². The lowest BCUT2D eigenvalue weighted by atomic mass is 10.3. The molecular weight excluding hydrogens is 226 g/mol. The van der Waals surface area contributed by atoms with E-state index in [1.165, 1.54) is 11.8 Å². The molecule has 1 aromatic carbocycles. The van der Waals surface area contributed by atoms with Gasteiger partial charge < -0.3 is 21.1 Å². The number of rotatable bonds is 5. The zero-order valence-electron chi connectivity index (χ0n) is 9.05. The molecule has 0 aliphatic rings. The number of para-hydroxylation sites is 2.